The Morgan fingerprint density at radius 2 is 1.81 bits per heavy atom. The summed E-state index contributed by atoms with van der Waals surface area (Å²) in [5.41, 5.74) is -4.26. The van der Waals surface area contributed by atoms with E-state index >= 15 is 0 Å². The van der Waals surface area contributed by atoms with E-state index in [9.17, 15) is 32.9 Å². The molecule has 0 aromatic heterocycles. The SMILES string of the molecule is O=C(c1cc2c(cc1[N+](=O)[O-])OCCO2)N1CCC(C(=O)O)(C(F)(F)F)C1. The molecule has 27 heavy (non-hydrogen) atoms. The van der Waals surface area contributed by atoms with Crippen LogP contribution in [0.1, 0.15) is 16.8 Å². The molecule has 1 fully saturated rings. The van der Waals surface area contributed by atoms with E-state index in [0.29, 0.717) is 4.90 Å². The van der Waals surface area contributed by atoms with Gasteiger partial charge in [-0.3, -0.25) is 19.7 Å². The first kappa shape index (κ1) is 18.7. The van der Waals surface area contributed by atoms with Crippen LogP contribution in [0.25, 0.3) is 0 Å². The fourth-order valence-electron chi connectivity index (χ4n) is 3.08. The van der Waals surface area contributed by atoms with Crippen molar-refractivity contribution in [1.29, 1.82) is 0 Å². The molecule has 2 aliphatic heterocycles. The molecule has 2 aliphatic rings. The molecule has 1 atom stereocenters. The van der Waals surface area contributed by atoms with E-state index in [1.165, 1.54) is 0 Å². The molecule has 0 radical (unpaired) electrons. The van der Waals surface area contributed by atoms with Gasteiger partial charge in [-0.2, -0.15) is 13.2 Å². The molecule has 1 aromatic rings. The fraction of sp³-hybridized carbons (Fsp3) is 0.467. The van der Waals surface area contributed by atoms with Crippen LogP contribution in [0.15, 0.2) is 12.1 Å². The zero-order chi connectivity index (χ0) is 20.0. The van der Waals surface area contributed by atoms with Crippen LogP contribution in [0.5, 0.6) is 11.5 Å². The van der Waals surface area contributed by atoms with Gasteiger partial charge in [0.15, 0.2) is 16.9 Å². The van der Waals surface area contributed by atoms with Crippen LogP contribution >= 0.6 is 0 Å². The molecule has 0 saturated carbocycles. The van der Waals surface area contributed by atoms with Gasteiger partial charge in [0.2, 0.25) is 0 Å². The minimum atomic E-state index is -5.08. The molecule has 1 amide bonds. The van der Waals surface area contributed by atoms with Gasteiger partial charge < -0.3 is 19.5 Å². The number of carbonyl (C=O) groups is 2. The summed E-state index contributed by atoms with van der Waals surface area (Å²) in [4.78, 5) is 35.0. The highest BCUT2D eigenvalue weighted by Crippen LogP contribution is 2.46. The predicted molar refractivity (Wildman–Crippen MR) is 80.7 cm³/mol. The molecule has 9 nitrogen and oxygen atoms in total. The molecule has 146 valence electrons. The lowest BCUT2D eigenvalue weighted by Gasteiger charge is -2.27. The van der Waals surface area contributed by atoms with Crippen molar-refractivity contribution < 1.29 is 42.3 Å². The summed E-state index contributed by atoms with van der Waals surface area (Å²) >= 11 is 0. The quantitative estimate of drug-likeness (QED) is 0.618. The summed E-state index contributed by atoms with van der Waals surface area (Å²) in [5.74, 6) is -3.08. The zero-order valence-electron chi connectivity index (χ0n) is 13.6. The summed E-state index contributed by atoms with van der Waals surface area (Å²) in [6, 6.07) is 2.00. The van der Waals surface area contributed by atoms with Crippen LogP contribution in [0.2, 0.25) is 0 Å². The number of carboxylic acids is 1. The Balaban J connectivity index is 1.97. The molecule has 3 rings (SSSR count). The molecule has 2 heterocycles. The number of fused-ring (bicyclic) bond motifs is 1. The van der Waals surface area contributed by atoms with Gasteiger partial charge in [-0.05, 0) is 6.42 Å². The average Bonchev–Trinajstić information content (AvgIpc) is 3.06. The van der Waals surface area contributed by atoms with Crippen LogP contribution in [-0.4, -0.2) is 59.3 Å². The van der Waals surface area contributed by atoms with Crippen LogP contribution < -0.4 is 9.47 Å². The first-order valence-corrected chi connectivity index (χ1v) is 7.74. The van der Waals surface area contributed by atoms with E-state index in [2.05, 4.69) is 0 Å². The number of ether oxygens (including phenoxy) is 2. The lowest BCUT2D eigenvalue weighted by atomic mass is 9.86. The lowest BCUT2D eigenvalue weighted by molar-refractivity contribution is -0.385. The maximum Gasteiger partial charge on any atom is 0.406 e. The van der Waals surface area contributed by atoms with E-state index in [-0.39, 0.29) is 24.7 Å². The van der Waals surface area contributed by atoms with Gasteiger partial charge >= 0.3 is 12.1 Å². The monoisotopic (exact) mass is 390 g/mol. The van der Waals surface area contributed by atoms with Crippen LogP contribution in [0.3, 0.4) is 0 Å². The van der Waals surface area contributed by atoms with Gasteiger partial charge in [0.1, 0.15) is 18.8 Å². The third-order valence-corrected chi connectivity index (χ3v) is 4.60. The summed E-state index contributed by atoms with van der Waals surface area (Å²) in [7, 11) is 0. The van der Waals surface area contributed by atoms with Crippen molar-refractivity contribution in [2.45, 2.75) is 12.6 Å². The molecule has 1 N–H and O–H groups in total. The van der Waals surface area contributed by atoms with Gasteiger partial charge in [0, 0.05) is 19.2 Å². The second-order valence-electron chi connectivity index (χ2n) is 6.13. The normalized spacial score (nSPS) is 21.8. The van der Waals surface area contributed by atoms with Crippen molar-refractivity contribution in [2.24, 2.45) is 5.41 Å². The Morgan fingerprint density at radius 3 is 2.30 bits per heavy atom. The highest BCUT2D eigenvalue weighted by Gasteiger charge is 2.64. The minimum absolute atomic E-state index is 0.0427. The Kier molecular flexibility index (Phi) is 4.36. The van der Waals surface area contributed by atoms with E-state index in [1.807, 2.05) is 0 Å². The van der Waals surface area contributed by atoms with Gasteiger partial charge in [0.05, 0.1) is 11.0 Å². The van der Waals surface area contributed by atoms with Crippen molar-refractivity contribution in [3.05, 3.63) is 27.8 Å². The van der Waals surface area contributed by atoms with Gasteiger partial charge in [-0.15, -0.1) is 0 Å². The molecule has 0 bridgehead atoms. The Bertz CT molecular complexity index is 826. The number of halogens is 3. The Morgan fingerprint density at radius 1 is 1.22 bits per heavy atom. The highest BCUT2D eigenvalue weighted by molar-refractivity contribution is 5.99. The maximum atomic E-state index is 13.3. The van der Waals surface area contributed by atoms with E-state index in [1.54, 1.807) is 0 Å². The number of nitro groups is 1. The molecule has 1 unspecified atom stereocenters. The Labute approximate surface area is 149 Å². The number of hydrogen-bond donors (Lipinski definition) is 1. The number of alkyl halides is 3. The predicted octanol–water partition coefficient (Wildman–Crippen LogP) is 1.85. The van der Waals surface area contributed by atoms with Gasteiger partial charge in [0.25, 0.3) is 11.6 Å². The lowest BCUT2D eigenvalue weighted by Crippen LogP contribution is -2.47. The van der Waals surface area contributed by atoms with Crippen molar-refractivity contribution in [3.63, 3.8) is 0 Å². The highest BCUT2D eigenvalue weighted by atomic mass is 19.4. The van der Waals surface area contributed by atoms with E-state index in [0.717, 1.165) is 12.1 Å². The molecule has 0 spiro atoms. The van der Waals surface area contributed by atoms with Gasteiger partial charge in [-0.1, -0.05) is 0 Å². The fourth-order valence-corrected chi connectivity index (χ4v) is 3.08. The molecule has 1 saturated heterocycles. The first-order valence-electron chi connectivity index (χ1n) is 7.74. The Hall–Kier alpha value is -3.05. The number of benzene rings is 1. The summed E-state index contributed by atoms with van der Waals surface area (Å²) in [5, 5.41) is 20.4. The summed E-state index contributed by atoms with van der Waals surface area (Å²) in [6.07, 6.45) is -5.91. The van der Waals surface area contributed by atoms with E-state index < -0.39 is 59.2 Å². The third kappa shape index (κ3) is 3.00. The number of aliphatic carboxylic acids is 1. The summed E-state index contributed by atoms with van der Waals surface area (Å²) in [6.45, 7) is -1.35. The average molecular weight is 390 g/mol. The molecular weight excluding hydrogens is 377 g/mol. The maximum absolute atomic E-state index is 13.3. The number of carboxylic acid groups (broad SMARTS) is 1. The van der Waals surface area contributed by atoms with Crippen LogP contribution in [-0.2, 0) is 4.79 Å². The van der Waals surface area contributed by atoms with Crippen molar-refractivity contribution in [1.82, 2.24) is 4.90 Å². The van der Waals surface area contributed by atoms with Crippen LogP contribution in [0.4, 0.5) is 18.9 Å². The zero-order valence-corrected chi connectivity index (χ0v) is 13.6. The topological polar surface area (TPSA) is 119 Å². The van der Waals surface area contributed by atoms with Crippen molar-refractivity contribution in [3.8, 4) is 11.5 Å². The smallest absolute Gasteiger partial charge is 0.406 e. The number of amides is 1. The minimum Gasteiger partial charge on any atom is -0.486 e. The number of hydrogen-bond acceptors (Lipinski definition) is 6. The number of carbonyl (C=O) groups excluding carboxylic acids is 1. The second kappa shape index (κ2) is 6.28. The standard InChI is InChI=1S/C15H13F3N2O7/c16-15(17,18)14(13(22)23)1-2-19(7-14)12(21)8-5-10-11(27-4-3-26-10)6-9(8)20(24)25/h5-6H,1-4,7H2,(H,22,23). The second-order valence-corrected chi connectivity index (χ2v) is 6.13. The van der Waals surface area contributed by atoms with Gasteiger partial charge in [-0.25, -0.2) is 0 Å². The third-order valence-electron chi connectivity index (χ3n) is 4.60. The largest absolute Gasteiger partial charge is 0.486 e. The number of likely N-dealkylation sites (tertiary alicyclic amines) is 1. The summed E-state index contributed by atoms with van der Waals surface area (Å²) < 4.78 is 50.3. The van der Waals surface area contributed by atoms with Crippen molar-refractivity contribution in [2.75, 3.05) is 26.3 Å². The number of rotatable bonds is 3. The number of nitrogens with zero attached hydrogens (tertiary/aromatic N) is 2. The van der Waals surface area contributed by atoms with Crippen LogP contribution in [0, 0.1) is 15.5 Å². The molecule has 12 heteroatoms. The molecular formula is C15H13F3N2O7. The number of nitro benzene ring substituents is 1. The van der Waals surface area contributed by atoms with Crippen molar-refractivity contribution >= 4 is 17.6 Å². The molecule has 1 aromatic carbocycles. The van der Waals surface area contributed by atoms with E-state index in [4.69, 9.17) is 14.6 Å². The first-order chi connectivity index (χ1) is 12.6. The molecule has 0 aliphatic carbocycles.